The van der Waals surface area contributed by atoms with Crippen LogP contribution >= 0.6 is 0 Å². The van der Waals surface area contributed by atoms with Gasteiger partial charge in [0.15, 0.2) is 0 Å². The van der Waals surface area contributed by atoms with E-state index in [4.69, 9.17) is 4.74 Å². The Morgan fingerprint density at radius 2 is 1.94 bits per heavy atom. The number of alkyl halides is 3. The standard InChI is InChI=1S/C11H14F3NO/c1-16-8-4-7-15-10-6-3-2-5-9(10)11(12,13)14/h2-3,5-6,15H,4,7-8H2,1H3. The summed E-state index contributed by atoms with van der Waals surface area (Å²) in [6.45, 7) is 0.988. The lowest BCUT2D eigenvalue weighted by Crippen LogP contribution is -2.12. The zero-order valence-corrected chi connectivity index (χ0v) is 8.97. The first-order valence-corrected chi connectivity index (χ1v) is 4.94. The minimum absolute atomic E-state index is 0.117. The molecule has 90 valence electrons. The lowest BCUT2D eigenvalue weighted by molar-refractivity contribution is -0.136. The number of ether oxygens (including phenoxy) is 1. The van der Waals surface area contributed by atoms with Crippen molar-refractivity contribution in [2.45, 2.75) is 12.6 Å². The summed E-state index contributed by atoms with van der Waals surface area (Å²) in [6.07, 6.45) is -3.65. The van der Waals surface area contributed by atoms with Gasteiger partial charge in [0.05, 0.1) is 5.56 Å². The van der Waals surface area contributed by atoms with Crippen LogP contribution in [0.3, 0.4) is 0 Å². The Balaban J connectivity index is 2.65. The van der Waals surface area contributed by atoms with Crippen LogP contribution in [0.4, 0.5) is 18.9 Å². The van der Waals surface area contributed by atoms with Crippen LogP contribution in [0.5, 0.6) is 0 Å². The van der Waals surface area contributed by atoms with Crippen molar-refractivity contribution < 1.29 is 17.9 Å². The highest BCUT2D eigenvalue weighted by atomic mass is 19.4. The molecular weight excluding hydrogens is 219 g/mol. The molecule has 0 fully saturated rings. The van der Waals surface area contributed by atoms with Gasteiger partial charge in [-0.25, -0.2) is 0 Å². The molecule has 0 saturated carbocycles. The number of benzene rings is 1. The van der Waals surface area contributed by atoms with Crippen molar-refractivity contribution in [2.75, 3.05) is 25.6 Å². The molecule has 16 heavy (non-hydrogen) atoms. The van der Waals surface area contributed by atoms with Gasteiger partial charge in [0.2, 0.25) is 0 Å². The average molecular weight is 233 g/mol. The molecular formula is C11H14F3NO. The van der Waals surface area contributed by atoms with Gasteiger partial charge in [0, 0.05) is 25.9 Å². The summed E-state index contributed by atoms with van der Waals surface area (Å²) in [5.41, 5.74) is -0.515. The van der Waals surface area contributed by atoms with Gasteiger partial charge in [-0.1, -0.05) is 12.1 Å². The van der Waals surface area contributed by atoms with E-state index in [0.717, 1.165) is 6.07 Å². The van der Waals surface area contributed by atoms with Crippen LogP contribution in [-0.4, -0.2) is 20.3 Å². The number of halogens is 3. The minimum Gasteiger partial charge on any atom is -0.385 e. The number of hydrogen-bond acceptors (Lipinski definition) is 2. The molecule has 0 aliphatic carbocycles. The number of methoxy groups -OCH3 is 1. The molecule has 1 aromatic rings. The van der Waals surface area contributed by atoms with Crippen molar-refractivity contribution in [2.24, 2.45) is 0 Å². The Bertz CT molecular complexity index is 325. The van der Waals surface area contributed by atoms with Gasteiger partial charge in [0.1, 0.15) is 0 Å². The zero-order chi connectivity index (χ0) is 12.0. The van der Waals surface area contributed by atoms with E-state index in [1.807, 2.05) is 0 Å². The molecule has 1 rings (SSSR count). The van der Waals surface area contributed by atoms with E-state index in [0.29, 0.717) is 19.6 Å². The predicted molar refractivity (Wildman–Crippen MR) is 56.4 cm³/mol. The Morgan fingerprint density at radius 3 is 2.56 bits per heavy atom. The van der Waals surface area contributed by atoms with Crippen LogP contribution in [0.1, 0.15) is 12.0 Å². The normalized spacial score (nSPS) is 11.5. The third-order valence-corrected chi connectivity index (χ3v) is 2.07. The molecule has 0 amide bonds. The molecule has 0 bridgehead atoms. The second-order valence-corrected chi connectivity index (χ2v) is 3.32. The van der Waals surface area contributed by atoms with Crippen LogP contribution in [0.15, 0.2) is 24.3 Å². The molecule has 1 N–H and O–H groups in total. The molecule has 0 atom stereocenters. The molecule has 0 radical (unpaired) electrons. The highest BCUT2D eigenvalue weighted by Crippen LogP contribution is 2.34. The van der Waals surface area contributed by atoms with Crippen LogP contribution in [0.25, 0.3) is 0 Å². The van der Waals surface area contributed by atoms with Crippen molar-refractivity contribution in [1.29, 1.82) is 0 Å². The Morgan fingerprint density at radius 1 is 1.25 bits per heavy atom. The quantitative estimate of drug-likeness (QED) is 0.789. The molecule has 0 aliphatic rings. The molecule has 1 aromatic carbocycles. The van der Waals surface area contributed by atoms with Gasteiger partial charge < -0.3 is 10.1 Å². The summed E-state index contributed by atoms with van der Waals surface area (Å²) >= 11 is 0. The van der Waals surface area contributed by atoms with E-state index in [1.165, 1.54) is 12.1 Å². The molecule has 0 heterocycles. The summed E-state index contributed by atoms with van der Waals surface area (Å²) < 4.78 is 42.5. The maximum absolute atomic E-state index is 12.6. The Hall–Kier alpha value is -1.23. The number of hydrogen-bond donors (Lipinski definition) is 1. The molecule has 0 saturated heterocycles. The molecule has 0 unspecified atom stereocenters. The SMILES string of the molecule is COCCCNc1ccccc1C(F)(F)F. The van der Waals surface area contributed by atoms with Gasteiger partial charge in [-0.05, 0) is 18.6 Å². The summed E-state index contributed by atoms with van der Waals surface area (Å²) in [7, 11) is 1.56. The van der Waals surface area contributed by atoms with Crippen LogP contribution in [0, 0.1) is 0 Å². The molecule has 2 nitrogen and oxygen atoms in total. The van der Waals surface area contributed by atoms with Crippen LogP contribution in [-0.2, 0) is 10.9 Å². The van der Waals surface area contributed by atoms with Crippen molar-refractivity contribution in [3.05, 3.63) is 29.8 Å². The van der Waals surface area contributed by atoms with Crippen LogP contribution < -0.4 is 5.32 Å². The third kappa shape index (κ3) is 3.73. The lowest BCUT2D eigenvalue weighted by Gasteiger charge is -2.13. The Labute approximate surface area is 92.4 Å². The van der Waals surface area contributed by atoms with E-state index in [9.17, 15) is 13.2 Å². The predicted octanol–water partition coefficient (Wildman–Crippen LogP) is 3.15. The lowest BCUT2D eigenvalue weighted by atomic mass is 10.1. The second-order valence-electron chi connectivity index (χ2n) is 3.32. The highest BCUT2D eigenvalue weighted by molar-refractivity contribution is 5.52. The topological polar surface area (TPSA) is 21.3 Å². The van der Waals surface area contributed by atoms with E-state index in [2.05, 4.69) is 5.32 Å². The molecule has 5 heteroatoms. The third-order valence-electron chi connectivity index (χ3n) is 2.07. The van der Waals surface area contributed by atoms with Gasteiger partial charge in [-0.3, -0.25) is 0 Å². The summed E-state index contributed by atoms with van der Waals surface area (Å²) in [5, 5.41) is 2.75. The van der Waals surface area contributed by atoms with E-state index in [-0.39, 0.29) is 5.69 Å². The summed E-state index contributed by atoms with van der Waals surface area (Å²) in [6, 6.07) is 5.45. The van der Waals surface area contributed by atoms with Crippen molar-refractivity contribution >= 4 is 5.69 Å². The van der Waals surface area contributed by atoms with Crippen molar-refractivity contribution in [1.82, 2.24) is 0 Å². The average Bonchev–Trinajstić information content (AvgIpc) is 2.24. The van der Waals surface area contributed by atoms with Crippen LogP contribution in [0.2, 0.25) is 0 Å². The summed E-state index contributed by atoms with van der Waals surface area (Å²) in [5.74, 6) is 0. The smallest absolute Gasteiger partial charge is 0.385 e. The fourth-order valence-electron chi connectivity index (χ4n) is 1.32. The van der Waals surface area contributed by atoms with Crippen molar-refractivity contribution in [3.63, 3.8) is 0 Å². The van der Waals surface area contributed by atoms with Gasteiger partial charge >= 0.3 is 6.18 Å². The Kier molecular flexibility index (Phi) is 4.61. The fraction of sp³-hybridized carbons (Fsp3) is 0.455. The number of nitrogens with one attached hydrogen (secondary N) is 1. The fourth-order valence-corrected chi connectivity index (χ4v) is 1.32. The molecule has 0 spiro atoms. The maximum Gasteiger partial charge on any atom is 0.418 e. The largest absolute Gasteiger partial charge is 0.418 e. The first-order valence-electron chi connectivity index (χ1n) is 4.94. The molecule has 0 aliphatic heterocycles. The first-order chi connectivity index (χ1) is 7.55. The first kappa shape index (κ1) is 12.8. The monoisotopic (exact) mass is 233 g/mol. The zero-order valence-electron chi connectivity index (χ0n) is 8.97. The number of para-hydroxylation sites is 1. The van der Waals surface area contributed by atoms with Crippen molar-refractivity contribution in [3.8, 4) is 0 Å². The van der Waals surface area contributed by atoms with E-state index in [1.54, 1.807) is 13.2 Å². The minimum atomic E-state index is -4.31. The summed E-state index contributed by atoms with van der Waals surface area (Å²) in [4.78, 5) is 0. The van der Waals surface area contributed by atoms with E-state index < -0.39 is 11.7 Å². The number of anilines is 1. The molecule has 0 aromatic heterocycles. The maximum atomic E-state index is 12.6. The van der Waals surface area contributed by atoms with Gasteiger partial charge in [-0.2, -0.15) is 13.2 Å². The second kappa shape index (κ2) is 5.75. The van der Waals surface area contributed by atoms with E-state index >= 15 is 0 Å². The van der Waals surface area contributed by atoms with Gasteiger partial charge in [0.25, 0.3) is 0 Å². The van der Waals surface area contributed by atoms with Gasteiger partial charge in [-0.15, -0.1) is 0 Å². The number of rotatable bonds is 5. The highest BCUT2D eigenvalue weighted by Gasteiger charge is 2.32.